The highest BCUT2D eigenvalue weighted by molar-refractivity contribution is 9.08. The van der Waals surface area contributed by atoms with E-state index in [0.717, 1.165) is 16.7 Å². The highest BCUT2D eigenvalue weighted by atomic mass is 79.9. The Labute approximate surface area is 137 Å². The van der Waals surface area contributed by atoms with E-state index in [4.69, 9.17) is 21.1 Å². The van der Waals surface area contributed by atoms with Crippen LogP contribution in [0.25, 0.3) is 0 Å². The van der Waals surface area contributed by atoms with Crippen molar-refractivity contribution in [3.8, 4) is 11.5 Å². The summed E-state index contributed by atoms with van der Waals surface area (Å²) in [6.45, 7) is 2.18. The number of methoxy groups -OCH3 is 1. The number of ether oxygens (including phenoxy) is 2. The molecule has 0 saturated heterocycles. The standard InChI is InChI=1S/C16H15BrClFO2/c1-10-3-4-14(19)6-12(10)9-21-16-11(8-17)5-13(18)7-15(16)20-2/h3-7H,8-9H2,1-2H3. The molecule has 2 nitrogen and oxygen atoms in total. The summed E-state index contributed by atoms with van der Waals surface area (Å²) in [5.74, 6) is 0.899. The second-order valence-corrected chi connectivity index (χ2v) is 5.59. The fourth-order valence-corrected chi connectivity index (χ4v) is 2.63. The van der Waals surface area contributed by atoms with E-state index in [1.165, 1.54) is 12.1 Å². The second-order valence-electron chi connectivity index (χ2n) is 4.59. The van der Waals surface area contributed by atoms with E-state index < -0.39 is 0 Å². The number of hydrogen-bond acceptors (Lipinski definition) is 2. The topological polar surface area (TPSA) is 18.5 Å². The van der Waals surface area contributed by atoms with Crippen molar-refractivity contribution in [2.24, 2.45) is 0 Å². The molecule has 0 aliphatic heterocycles. The number of benzene rings is 2. The van der Waals surface area contributed by atoms with E-state index in [9.17, 15) is 4.39 Å². The van der Waals surface area contributed by atoms with E-state index in [-0.39, 0.29) is 12.4 Å². The molecule has 2 aromatic rings. The summed E-state index contributed by atoms with van der Waals surface area (Å²) in [6, 6.07) is 8.16. The third-order valence-corrected chi connectivity index (χ3v) is 3.97. The number of rotatable bonds is 5. The number of halogens is 3. The lowest BCUT2D eigenvalue weighted by molar-refractivity contribution is 0.281. The molecule has 0 aliphatic rings. The molecule has 0 heterocycles. The molecule has 2 rings (SSSR count). The quantitative estimate of drug-likeness (QED) is 0.665. The predicted molar refractivity (Wildman–Crippen MR) is 86.1 cm³/mol. The Balaban J connectivity index is 2.29. The minimum atomic E-state index is -0.275. The van der Waals surface area contributed by atoms with Gasteiger partial charge in [0.2, 0.25) is 0 Å². The largest absolute Gasteiger partial charge is 0.493 e. The molecule has 2 aromatic carbocycles. The van der Waals surface area contributed by atoms with Crippen molar-refractivity contribution in [3.05, 3.63) is 57.9 Å². The SMILES string of the molecule is COc1cc(Cl)cc(CBr)c1OCc1cc(F)ccc1C. The van der Waals surface area contributed by atoms with Crippen LogP contribution in [0.2, 0.25) is 5.02 Å². The minimum absolute atomic E-state index is 0.265. The van der Waals surface area contributed by atoms with Gasteiger partial charge in [0, 0.05) is 22.0 Å². The summed E-state index contributed by atoms with van der Waals surface area (Å²) >= 11 is 9.44. The number of aryl methyl sites for hydroxylation is 1. The molecule has 21 heavy (non-hydrogen) atoms. The van der Waals surface area contributed by atoms with Crippen LogP contribution in [0, 0.1) is 12.7 Å². The van der Waals surface area contributed by atoms with Gasteiger partial charge in [0.15, 0.2) is 11.5 Å². The van der Waals surface area contributed by atoms with Gasteiger partial charge in [0.05, 0.1) is 7.11 Å². The summed E-state index contributed by atoms with van der Waals surface area (Å²) < 4.78 is 24.5. The first kappa shape index (κ1) is 16.1. The molecular weight excluding hydrogens is 359 g/mol. The van der Waals surface area contributed by atoms with Gasteiger partial charge in [-0.1, -0.05) is 33.6 Å². The highest BCUT2D eigenvalue weighted by Gasteiger charge is 2.13. The Bertz CT molecular complexity index is 621. The van der Waals surface area contributed by atoms with Gasteiger partial charge in [-0.3, -0.25) is 0 Å². The third-order valence-electron chi connectivity index (χ3n) is 3.14. The molecule has 0 unspecified atom stereocenters. The molecule has 0 N–H and O–H groups in total. The normalized spacial score (nSPS) is 10.5. The van der Waals surface area contributed by atoms with Crippen molar-refractivity contribution in [2.45, 2.75) is 18.9 Å². The Hall–Kier alpha value is -1.26. The second kappa shape index (κ2) is 7.14. The monoisotopic (exact) mass is 372 g/mol. The molecule has 0 aliphatic carbocycles. The molecule has 112 valence electrons. The molecule has 0 atom stereocenters. The number of alkyl halides is 1. The maximum absolute atomic E-state index is 13.3. The minimum Gasteiger partial charge on any atom is -0.493 e. The molecule has 0 fully saturated rings. The van der Waals surface area contributed by atoms with E-state index in [2.05, 4.69) is 15.9 Å². The molecular formula is C16H15BrClFO2. The lowest BCUT2D eigenvalue weighted by Gasteiger charge is -2.15. The predicted octanol–water partition coefficient (Wildman–Crippen LogP) is 5.27. The summed E-state index contributed by atoms with van der Waals surface area (Å²) in [4.78, 5) is 0. The summed E-state index contributed by atoms with van der Waals surface area (Å²) in [6.07, 6.45) is 0. The van der Waals surface area contributed by atoms with Gasteiger partial charge < -0.3 is 9.47 Å². The maximum atomic E-state index is 13.3. The van der Waals surface area contributed by atoms with E-state index >= 15 is 0 Å². The zero-order valence-electron chi connectivity index (χ0n) is 11.8. The van der Waals surface area contributed by atoms with E-state index in [0.29, 0.717) is 21.9 Å². The van der Waals surface area contributed by atoms with Gasteiger partial charge in [0.25, 0.3) is 0 Å². The first-order valence-corrected chi connectivity index (χ1v) is 7.85. The van der Waals surface area contributed by atoms with Crippen LogP contribution in [0.3, 0.4) is 0 Å². The fourth-order valence-electron chi connectivity index (χ4n) is 1.98. The highest BCUT2D eigenvalue weighted by Crippen LogP contribution is 2.36. The van der Waals surface area contributed by atoms with Gasteiger partial charge in [-0.15, -0.1) is 0 Å². The van der Waals surface area contributed by atoms with Gasteiger partial charge in [-0.25, -0.2) is 4.39 Å². The van der Waals surface area contributed by atoms with Gasteiger partial charge in [0.1, 0.15) is 12.4 Å². The zero-order valence-corrected chi connectivity index (χ0v) is 14.1. The smallest absolute Gasteiger partial charge is 0.165 e. The number of hydrogen-bond donors (Lipinski definition) is 0. The Morgan fingerprint density at radius 3 is 2.62 bits per heavy atom. The van der Waals surface area contributed by atoms with Crippen LogP contribution < -0.4 is 9.47 Å². The zero-order chi connectivity index (χ0) is 15.4. The fraction of sp³-hybridized carbons (Fsp3) is 0.250. The van der Waals surface area contributed by atoms with Crippen LogP contribution >= 0.6 is 27.5 Å². The first-order valence-electron chi connectivity index (χ1n) is 6.35. The molecule has 0 bridgehead atoms. The Morgan fingerprint density at radius 2 is 1.95 bits per heavy atom. The van der Waals surface area contributed by atoms with Crippen LogP contribution in [0.1, 0.15) is 16.7 Å². The van der Waals surface area contributed by atoms with Crippen LogP contribution in [-0.2, 0) is 11.9 Å². The van der Waals surface area contributed by atoms with E-state index in [1.807, 2.05) is 13.0 Å². The summed E-state index contributed by atoms with van der Waals surface area (Å²) in [7, 11) is 1.56. The molecule has 0 amide bonds. The van der Waals surface area contributed by atoms with Gasteiger partial charge in [-0.05, 0) is 36.2 Å². The Morgan fingerprint density at radius 1 is 1.19 bits per heavy atom. The lowest BCUT2D eigenvalue weighted by atomic mass is 10.1. The van der Waals surface area contributed by atoms with Crippen LogP contribution in [-0.4, -0.2) is 7.11 Å². The summed E-state index contributed by atoms with van der Waals surface area (Å²) in [5.41, 5.74) is 2.66. The Kier molecular flexibility index (Phi) is 5.48. The van der Waals surface area contributed by atoms with Crippen molar-refractivity contribution < 1.29 is 13.9 Å². The van der Waals surface area contributed by atoms with Crippen molar-refractivity contribution in [3.63, 3.8) is 0 Å². The van der Waals surface area contributed by atoms with Gasteiger partial charge >= 0.3 is 0 Å². The average molecular weight is 374 g/mol. The van der Waals surface area contributed by atoms with Crippen LogP contribution in [0.4, 0.5) is 4.39 Å². The van der Waals surface area contributed by atoms with Crippen molar-refractivity contribution >= 4 is 27.5 Å². The lowest BCUT2D eigenvalue weighted by Crippen LogP contribution is -2.02. The maximum Gasteiger partial charge on any atom is 0.165 e. The molecule has 0 aromatic heterocycles. The summed E-state index contributed by atoms with van der Waals surface area (Å²) in [5, 5.41) is 1.16. The van der Waals surface area contributed by atoms with Gasteiger partial charge in [-0.2, -0.15) is 0 Å². The van der Waals surface area contributed by atoms with Crippen molar-refractivity contribution in [2.75, 3.05) is 7.11 Å². The molecule has 0 radical (unpaired) electrons. The third kappa shape index (κ3) is 3.89. The van der Waals surface area contributed by atoms with Crippen molar-refractivity contribution in [1.29, 1.82) is 0 Å². The average Bonchev–Trinajstić information content (AvgIpc) is 2.48. The molecule has 0 spiro atoms. The van der Waals surface area contributed by atoms with Crippen molar-refractivity contribution in [1.82, 2.24) is 0 Å². The van der Waals surface area contributed by atoms with Crippen LogP contribution in [0.15, 0.2) is 30.3 Å². The van der Waals surface area contributed by atoms with E-state index in [1.54, 1.807) is 19.2 Å². The first-order chi connectivity index (χ1) is 10.0. The molecule has 0 saturated carbocycles. The van der Waals surface area contributed by atoms with Crippen LogP contribution in [0.5, 0.6) is 11.5 Å². The molecule has 5 heteroatoms.